The zero-order chi connectivity index (χ0) is 23.4. The molecule has 0 atom stereocenters. The number of ether oxygens (including phenoxy) is 2. The molecule has 0 aliphatic carbocycles. The van der Waals surface area contributed by atoms with Crippen molar-refractivity contribution in [3.05, 3.63) is 81.1 Å². The number of hydrogen-bond acceptors (Lipinski definition) is 7. The lowest BCUT2D eigenvalue weighted by atomic mass is 9.95. The smallest absolute Gasteiger partial charge is 0.342 e. The number of nitrogen functional groups attached to an aromatic ring is 1. The van der Waals surface area contributed by atoms with Crippen LogP contribution in [0, 0.1) is 0 Å². The van der Waals surface area contributed by atoms with Gasteiger partial charge in [-0.15, -0.1) is 0 Å². The van der Waals surface area contributed by atoms with Crippen molar-refractivity contribution in [1.29, 1.82) is 0 Å². The number of nitrogens with one attached hydrogen (secondary N) is 1. The Balaban J connectivity index is 1.91. The number of rotatable bonds is 7. The first-order valence-electron chi connectivity index (χ1n) is 9.15. The minimum Gasteiger partial charge on any atom is -0.489 e. The number of carboxylic acids is 2. The molecule has 0 unspecified atom stereocenters. The molecular weight excluding hydrogens is 420 g/mol. The fraction of sp³-hybridized carbons (Fsp3) is 0.0909. The van der Waals surface area contributed by atoms with E-state index in [0.717, 1.165) is 0 Å². The summed E-state index contributed by atoms with van der Waals surface area (Å²) in [5, 5.41) is 18.9. The molecular formula is C22H18N2O8. The lowest BCUT2D eigenvalue weighted by Crippen LogP contribution is -2.24. The molecule has 0 spiro atoms. The number of esters is 1. The Hall–Kier alpha value is -4.60. The highest BCUT2D eigenvalue weighted by Gasteiger charge is 2.26. The first-order chi connectivity index (χ1) is 15.2. The molecule has 1 heterocycles. The molecule has 0 aliphatic heterocycles. The molecule has 0 radical (unpaired) electrons. The quantitative estimate of drug-likeness (QED) is 0.405. The van der Waals surface area contributed by atoms with E-state index in [1.807, 2.05) is 4.98 Å². The van der Waals surface area contributed by atoms with E-state index in [0.29, 0.717) is 16.9 Å². The van der Waals surface area contributed by atoms with Gasteiger partial charge in [-0.1, -0.05) is 24.3 Å². The summed E-state index contributed by atoms with van der Waals surface area (Å²) in [6, 6.07) is 12.5. The summed E-state index contributed by atoms with van der Waals surface area (Å²) in [6.45, 7) is 0.128. The van der Waals surface area contributed by atoms with E-state index in [9.17, 15) is 29.4 Å². The Morgan fingerprint density at radius 2 is 1.66 bits per heavy atom. The molecule has 0 amide bonds. The second kappa shape index (κ2) is 9.04. The molecule has 0 bridgehead atoms. The van der Waals surface area contributed by atoms with Crippen LogP contribution < -0.4 is 16.0 Å². The van der Waals surface area contributed by atoms with Crippen LogP contribution in [0.1, 0.15) is 36.6 Å². The van der Waals surface area contributed by atoms with E-state index in [-0.39, 0.29) is 17.7 Å². The Morgan fingerprint density at radius 1 is 1.00 bits per heavy atom. The van der Waals surface area contributed by atoms with Gasteiger partial charge >= 0.3 is 17.9 Å². The van der Waals surface area contributed by atoms with E-state index in [1.165, 1.54) is 31.4 Å². The average molecular weight is 438 g/mol. The molecule has 2 aromatic carbocycles. The van der Waals surface area contributed by atoms with Crippen molar-refractivity contribution in [2.45, 2.75) is 6.61 Å². The minimum absolute atomic E-state index is 0.128. The van der Waals surface area contributed by atoms with Crippen molar-refractivity contribution < 1.29 is 34.1 Å². The number of nitrogens with two attached hydrogens (primary N) is 1. The third kappa shape index (κ3) is 4.43. The molecule has 1 aromatic heterocycles. The maximum Gasteiger partial charge on any atom is 0.342 e. The highest BCUT2D eigenvalue weighted by molar-refractivity contribution is 6.07. The summed E-state index contributed by atoms with van der Waals surface area (Å²) in [5.74, 6) is -3.61. The topological polar surface area (TPSA) is 169 Å². The number of carboxylic acid groups (broad SMARTS) is 2. The lowest BCUT2D eigenvalue weighted by Gasteiger charge is -2.13. The predicted octanol–water partition coefficient (Wildman–Crippen LogP) is 2.39. The Bertz CT molecular complexity index is 1260. The monoisotopic (exact) mass is 438 g/mol. The van der Waals surface area contributed by atoms with Crippen LogP contribution in [-0.2, 0) is 11.3 Å². The molecule has 32 heavy (non-hydrogen) atoms. The Morgan fingerprint density at radius 3 is 2.25 bits per heavy atom. The van der Waals surface area contributed by atoms with E-state index in [1.54, 1.807) is 24.3 Å². The van der Waals surface area contributed by atoms with Crippen LogP contribution in [0.15, 0.2) is 53.3 Å². The number of anilines is 1. The third-order valence-corrected chi connectivity index (χ3v) is 4.57. The molecule has 0 aliphatic rings. The van der Waals surface area contributed by atoms with Crippen molar-refractivity contribution in [1.82, 2.24) is 4.98 Å². The first-order valence-corrected chi connectivity index (χ1v) is 9.15. The predicted molar refractivity (Wildman–Crippen MR) is 113 cm³/mol. The highest BCUT2D eigenvalue weighted by Crippen LogP contribution is 2.30. The summed E-state index contributed by atoms with van der Waals surface area (Å²) in [4.78, 5) is 49.1. The maximum atomic E-state index is 12.1. The van der Waals surface area contributed by atoms with Gasteiger partial charge in [-0.2, -0.15) is 0 Å². The Labute approximate surface area is 180 Å². The second-order valence-electron chi connectivity index (χ2n) is 6.61. The van der Waals surface area contributed by atoms with Crippen LogP contribution in [0.25, 0.3) is 11.1 Å². The van der Waals surface area contributed by atoms with Gasteiger partial charge in [0.2, 0.25) is 0 Å². The van der Waals surface area contributed by atoms with Gasteiger partial charge in [0.15, 0.2) is 0 Å². The number of aromatic carboxylic acids is 2. The van der Waals surface area contributed by atoms with Crippen LogP contribution in [0.3, 0.4) is 0 Å². The lowest BCUT2D eigenvalue weighted by molar-refractivity contribution is 0.0598. The van der Waals surface area contributed by atoms with E-state index >= 15 is 0 Å². The second-order valence-corrected chi connectivity index (χ2v) is 6.61. The number of benzene rings is 2. The van der Waals surface area contributed by atoms with Gasteiger partial charge in [-0.25, -0.2) is 14.4 Å². The van der Waals surface area contributed by atoms with Gasteiger partial charge in [-0.3, -0.25) is 4.79 Å². The number of aromatic nitrogens is 1. The molecule has 3 aromatic rings. The summed E-state index contributed by atoms with van der Waals surface area (Å²) >= 11 is 0. The molecule has 0 saturated heterocycles. The van der Waals surface area contributed by atoms with E-state index < -0.39 is 40.4 Å². The van der Waals surface area contributed by atoms with Crippen LogP contribution in [0.4, 0.5) is 5.82 Å². The summed E-state index contributed by atoms with van der Waals surface area (Å²) in [6.07, 6.45) is 0. The fourth-order valence-electron chi connectivity index (χ4n) is 3.13. The molecule has 10 heteroatoms. The number of aromatic amines is 1. The SMILES string of the molecule is COC(=O)c1cccc(COc2ccc(-c3c(C(=O)O)c(N)[nH]c(=O)c3C(=O)O)cc2)c1. The van der Waals surface area contributed by atoms with Crippen LogP contribution >= 0.6 is 0 Å². The van der Waals surface area contributed by atoms with Gasteiger partial charge in [0, 0.05) is 5.56 Å². The average Bonchev–Trinajstić information content (AvgIpc) is 2.76. The zero-order valence-electron chi connectivity index (χ0n) is 16.7. The number of methoxy groups -OCH3 is 1. The molecule has 3 rings (SSSR count). The molecule has 0 saturated carbocycles. The molecule has 0 fully saturated rings. The highest BCUT2D eigenvalue weighted by atomic mass is 16.5. The number of H-pyrrole nitrogens is 1. The van der Waals surface area contributed by atoms with Gasteiger partial charge in [0.1, 0.15) is 29.3 Å². The number of hydrogen-bond donors (Lipinski definition) is 4. The van der Waals surface area contributed by atoms with Crippen LogP contribution in [-0.4, -0.2) is 40.2 Å². The van der Waals surface area contributed by atoms with Crippen molar-refractivity contribution in [2.24, 2.45) is 0 Å². The van der Waals surface area contributed by atoms with E-state index in [2.05, 4.69) is 4.74 Å². The van der Waals surface area contributed by atoms with Crippen LogP contribution in [0.5, 0.6) is 5.75 Å². The molecule has 164 valence electrons. The number of carbonyl (C=O) groups is 3. The minimum atomic E-state index is -1.59. The standard InChI is InChI=1S/C22H18N2O8/c1-31-22(30)13-4-2-3-11(9-13)10-32-14-7-5-12(6-8-14)15-16(20(26)27)18(23)24-19(25)17(15)21(28)29/h2-9H,10H2,1H3,(H,26,27)(H,28,29)(H3,23,24,25). The third-order valence-electron chi connectivity index (χ3n) is 4.57. The Kier molecular flexibility index (Phi) is 6.24. The van der Waals surface area contributed by atoms with Crippen LogP contribution in [0.2, 0.25) is 0 Å². The van der Waals surface area contributed by atoms with Crippen molar-refractivity contribution in [3.8, 4) is 16.9 Å². The van der Waals surface area contributed by atoms with Gasteiger partial charge in [-0.05, 0) is 35.4 Å². The largest absolute Gasteiger partial charge is 0.489 e. The maximum absolute atomic E-state index is 12.1. The van der Waals surface area contributed by atoms with Gasteiger partial charge in [0.25, 0.3) is 5.56 Å². The molecule has 5 N–H and O–H groups in total. The van der Waals surface area contributed by atoms with Crippen molar-refractivity contribution in [3.63, 3.8) is 0 Å². The number of pyridine rings is 1. The summed E-state index contributed by atoms with van der Waals surface area (Å²) in [5.41, 5.74) is 4.31. The summed E-state index contributed by atoms with van der Waals surface area (Å²) < 4.78 is 10.4. The van der Waals surface area contributed by atoms with Crippen molar-refractivity contribution >= 4 is 23.7 Å². The molecule has 10 nitrogen and oxygen atoms in total. The van der Waals surface area contributed by atoms with Gasteiger partial charge < -0.3 is 30.4 Å². The fourth-order valence-corrected chi connectivity index (χ4v) is 3.13. The zero-order valence-corrected chi connectivity index (χ0v) is 16.7. The number of carbonyl (C=O) groups excluding carboxylic acids is 1. The van der Waals surface area contributed by atoms with Gasteiger partial charge in [0.05, 0.1) is 12.7 Å². The first kappa shape index (κ1) is 22.1. The van der Waals surface area contributed by atoms with E-state index in [4.69, 9.17) is 10.5 Å². The summed E-state index contributed by atoms with van der Waals surface area (Å²) in [7, 11) is 1.28. The normalized spacial score (nSPS) is 10.4. The van der Waals surface area contributed by atoms with Crippen molar-refractivity contribution in [2.75, 3.05) is 12.8 Å².